The molecule has 4 heteroatoms. The third kappa shape index (κ3) is 3.73. The summed E-state index contributed by atoms with van der Waals surface area (Å²) in [6.45, 7) is 9.04. The fourth-order valence-corrected chi connectivity index (χ4v) is 2.56. The van der Waals surface area contributed by atoms with E-state index in [1.165, 1.54) is 0 Å². The third-order valence-corrected chi connectivity index (χ3v) is 3.38. The van der Waals surface area contributed by atoms with Crippen molar-refractivity contribution in [3.8, 4) is 5.75 Å². The summed E-state index contributed by atoms with van der Waals surface area (Å²) < 4.78 is 11.4. The summed E-state index contributed by atoms with van der Waals surface area (Å²) in [6, 6.07) is 7.75. The number of morpholine rings is 1. The van der Waals surface area contributed by atoms with Crippen LogP contribution in [0.25, 0.3) is 0 Å². The van der Waals surface area contributed by atoms with Crippen molar-refractivity contribution in [2.45, 2.75) is 46.0 Å². The number of carbonyl (C=O) groups excluding carboxylic acids is 1. The molecule has 1 aliphatic rings. The summed E-state index contributed by atoms with van der Waals surface area (Å²) in [5, 5.41) is 0. The molecule has 1 heterocycles. The van der Waals surface area contributed by atoms with Crippen molar-refractivity contribution in [1.29, 1.82) is 0 Å². The molecule has 1 aromatic carbocycles. The Morgan fingerprint density at radius 3 is 2.60 bits per heavy atom. The van der Waals surface area contributed by atoms with Crippen LogP contribution in [0.1, 0.15) is 26.3 Å². The van der Waals surface area contributed by atoms with Crippen LogP contribution >= 0.6 is 0 Å². The first-order valence-electron chi connectivity index (χ1n) is 7.13. The molecule has 110 valence electrons. The van der Waals surface area contributed by atoms with Crippen LogP contribution < -0.4 is 4.74 Å². The second-order valence-electron chi connectivity index (χ2n) is 5.58. The molecule has 2 rings (SSSR count). The predicted octanol–water partition coefficient (Wildman–Crippen LogP) is 2.40. The smallest absolute Gasteiger partial charge is 0.263 e. The number of ether oxygens (including phenoxy) is 2. The second-order valence-corrected chi connectivity index (χ2v) is 5.58. The Bertz CT molecular complexity index is 465. The topological polar surface area (TPSA) is 38.8 Å². The third-order valence-electron chi connectivity index (χ3n) is 3.38. The van der Waals surface area contributed by atoms with Gasteiger partial charge in [0.1, 0.15) is 5.75 Å². The molecule has 0 aliphatic carbocycles. The lowest BCUT2D eigenvalue weighted by atomic mass is 10.2. The zero-order chi connectivity index (χ0) is 14.7. The van der Waals surface area contributed by atoms with Crippen molar-refractivity contribution in [1.82, 2.24) is 4.90 Å². The van der Waals surface area contributed by atoms with Gasteiger partial charge in [-0.15, -0.1) is 0 Å². The largest absolute Gasteiger partial charge is 0.481 e. The number of benzene rings is 1. The Labute approximate surface area is 120 Å². The molecule has 1 aliphatic heterocycles. The van der Waals surface area contributed by atoms with Crippen molar-refractivity contribution in [2.24, 2.45) is 0 Å². The van der Waals surface area contributed by atoms with E-state index in [9.17, 15) is 4.79 Å². The van der Waals surface area contributed by atoms with Crippen molar-refractivity contribution < 1.29 is 14.3 Å². The van der Waals surface area contributed by atoms with Crippen LogP contribution in [0.3, 0.4) is 0 Å². The maximum atomic E-state index is 12.4. The molecule has 0 N–H and O–H groups in total. The highest BCUT2D eigenvalue weighted by Gasteiger charge is 2.29. The summed E-state index contributed by atoms with van der Waals surface area (Å²) in [6.07, 6.45) is -0.322. The lowest BCUT2D eigenvalue weighted by Gasteiger charge is -2.36. The fraction of sp³-hybridized carbons (Fsp3) is 0.562. The first kappa shape index (κ1) is 14.9. The molecule has 1 saturated heterocycles. The van der Waals surface area contributed by atoms with E-state index < -0.39 is 6.10 Å². The minimum absolute atomic E-state index is 0.0218. The van der Waals surface area contributed by atoms with Crippen LogP contribution in [0.4, 0.5) is 0 Å². The molecular weight excluding hydrogens is 254 g/mol. The summed E-state index contributed by atoms with van der Waals surface area (Å²) in [4.78, 5) is 14.3. The maximum absolute atomic E-state index is 12.4. The molecule has 0 aromatic heterocycles. The number of hydrogen-bond acceptors (Lipinski definition) is 3. The molecule has 1 amide bonds. The van der Waals surface area contributed by atoms with Gasteiger partial charge in [-0.05, 0) is 45.4 Å². The standard InChI is InChI=1S/C16H23NO3/c1-11-6-5-7-15(8-11)20-14(4)16(18)17-9-12(2)19-13(3)10-17/h5-8,12-14H,9-10H2,1-4H3/t12-,13-,14-/m1/s1. The van der Waals surface area contributed by atoms with Gasteiger partial charge in [0.15, 0.2) is 6.10 Å². The first-order valence-corrected chi connectivity index (χ1v) is 7.13. The Balaban J connectivity index is 1.98. The van der Waals surface area contributed by atoms with Crippen molar-refractivity contribution in [3.63, 3.8) is 0 Å². The normalized spacial score (nSPS) is 24.3. The van der Waals surface area contributed by atoms with Gasteiger partial charge in [-0.3, -0.25) is 4.79 Å². The minimum Gasteiger partial charge on any atom is -0.481 e. The van der Waals surface area contributed by atoms with Crippen molar-refractivity contribution >= 4 is 5.91 Å². The predicted molar refractivity (Wildman–Crippen MR) is 77.9 cm³/mol. The van der Waals surface area contributed by atoms with Gasteiger partial charge >= 0.3 is 0 Å². The molecule has 20 heavy (non-hydrogen) atoms. The number of hydrogen-bond donors (Lipinski definition) is 0. The number of carbonyl (C=O) groups is 1. The number of rotatable bonds is 3. The quantitative estimate of drug-likeness (QED) is 0.851. The minimum atomic E-state index is -0.478. The Kier molecular flexibility index (Phi) is 4.65. The van der Waals surface area contributed by atoms with Crippen LogP contribution in [0.5, 0.6) is 5.75 Å². The average molecular weight is 277 g/mol. The Morgan fingerprint density at radius 2 is 2.00 bits per heavy atom. The van der Waals surface area contributed by atoms with E-state index in [0.29, 0.717) is 13.1 Å². The summed E-state index contributed by atoms with van der Waals surface area (Å²) in [5.41, 5.74) is 1.12. The first-order chi connectivity index (χ1) is 9.45. The second kappa shape index (κ2) is 6.27. The van der Waals surface area contributed by atoms with Gasteiger partial charge in [0.05, 0.1) is 12.2 Å². The lowest BCUT2D eigenvalue weighted by molar-refractivity contribution is -0.149. The molecule has 0 radical (unpaired) electrons. The Hall–Kier alpha value is -1.55. The maximum Gasteiger partial charge on any atom is 0.263 e. The van der Waals surface area contributed by atoms with Crippen LogP contribution in [0.2, 0.25) is 0 Å². The van der Waals surface area contributed by atoms with E-state index >= 15 is 0 Å². The molecule has 0 spiro atoms. The van der Waals surface area contributed by atoms with Gasteiger partial charge in [-0.1, -0.05) is 12.1 Å². The summed E-state index contributed by atoms with van der Waals surface area (Å²) in [5.74, 6) is 0.758. The van der Waals surface area contributed by atoms with E-state index in [1.807, 2.05) is 49.9 Å². The highest BCUT2D eigenvalue weighted by Crippen LogP contribution is 2.17. The van der Waals surface area contributed by atoms with Gasteiger partial charge in [0, 0.05) is 13.1 Å². The van der Waals surface area contributed by atoms with E-state index in [0.717, 1.165) is 11.3 Å². The Morgan fingerprint density at radius 1 is 1.35 bits per heavy atom. The highest BCUT2D eigenvalue weighted by molar-refractivity contribution is 5.81. The SMILES string of the molecule is Cc1cccc(O[C@H](C)C(=O)N2C[C@@H](C)O[C@H](C)C2)c1. The average Bonchev–Trinajstić information content (AvgIpc) is 2.36. The van der Waals surface area contributed by atoms with E-state index in [2.05, 4.69) is 0 Å². The summed E-state index contributed by atoms with van der Waals surface area (Å²) in [7, 11) is 0. The van der Waals surface area contributed by atoms with Gasteiger partial charge < -0.3 is 14.4 Å². The number of aryl methyl sites for hydroxylation is 1. The molecule has 3 atom stereocenters. The monoisotopic (exact) mass is 277 g/mol. The number of amides is 1. The zero-order valence-corrected chi connectivity index (χ0v) is 12.6. The van der Waals surface area contributed by atoms with Crippen LogP contribution in [-0.4, -0.2) is 42.2 Å². The zero-order valence-electron chi connectivity index (χ0n) is 12.6. The van der Waals surface area contributed by atoms with Crippen LogP contribution in [0, 0.1) is 6.92 Å². The van der Waals surface area contributed by atoms with Gasteiger partial charge in [-0.25, -0.2) is 0 Å². The molecule has 1 fully saturated rings. The molecule has 0 unspecified atom stereocenters. The molecule has 0 bridgehead atoms. The molecule has 0 saturated carbocycles. The summed E-state index contributed by atoms with van der Waals surface area (Å²) >= 11 is 0. The number of nitrogens with zero attached hydrogens (tertiary/aromatic N) is 1. The van der Waals surface area contributed by atoms with Gasteiger partial charge in [0.25, 0.3) is 5.91 Å². The van der Waals surface area contributed by atoms with E-state index in [-0.39, 0.29) is 18.1 Å². The van der Waals surface area contributed by atoms with Crippen molar-refractivity contribution in [2.75, 3.05) is 13.1 Å². The van der Waals surface area contributed by atoms with E-state index in [1.54, 1.807) is 6.92 Å². The van der Waals surface area contributed by atoms with Crippen LogP contribution in [0.15, 0.2) is 24.3 Å². The molecular formula is C16H23NO3. The lowest BCUT2D eigenvalue weighted by Crippen LogP contribution is -2.51. The van der Waals surface area contributed by atoms with E-state index in [4.69, 9.17) is 9.47 Å². The highest BCUT2D eigenvalue weighted by atomic mass is 16.5. The van der Waals surface area contributed by atoms with Gasteiger partial charge in [-0.2, -0.15) is 0 Å². The van der Waals surface area contributed by atoms with Gasteiger partial charge in [0.2, 0.25) is 0 Å². The van der Waals surface area contributed by atoms with Crippen molar-refractivity contribution in [3.05, 3.63) is 29.8 Å². The fourth-order valence-electron chi connectivity index (χ4n) is 2.56. The van der Waals surface area contributed by atoms with Crippen LogP contribution in [-0.2, 0) is 9.53 Å². The molecule has 1 aromatic rings. The molecule has 4 nitrogen and oxygen atoms in total.